The van der Waals surface area contributed by atoms with E-state index in [4.69, 9.17) is 0 Å². The van der Waals surface area contributed by atoms with Gasteiger partial charge in [0.2, 0.25) is 0 Å². The molecule has 1 unspecified atom stereocenters. The zero-order valence-electron chi connectivity index (χ0n) is 11.7. The molecule has 0 aromatic heterocycles. The number of ketones is 1. The van der Waals surface area contributed by atoms with Crippen molar-refractivity contribution in [3.8, 4) is 0 Å². The summed E-state index contributed by atoms with van der Waals surface area (Å²) in [6, 6.07) is 15.6. The van der Waals surface area contributed by atoms with E-state index in [2.05, 4.69) is 5.32 Å². The predicted octanol–water partition coefficient (Wildman–Crippen LogP) is 3.73. The van der Waals surface area contributed by atoms with E-state index in [1.54, 1.807) is 12.1 Å². The number of anilines is 1. The van der Waals surface area contributed by atoms with Gasteiger partial charge in [-0.05, 0) is 24.6 Å². The molecule has 0 aliphatic carbocycles. The summed E-state index contributed by atoms with van der Waals surface area (Å²) >= 11 is 0. The fraction of sp³-hybridized carbons (Fsp3) is 0.188. The molecule has 2 rings (SSSR count). The zero-order valence-corrected chi connectivity index (χ0v) is 11.7. The molecule has 5 nitrogen and oxygen atoms in total. The average molecular weight is 284 g/mol. The molecular formula is C16H16N2O3. The van der Waals surface area contributed by atoms with E-state index in [-0.39, 0.29) is 17.5 Å². The van der Waals surface area contributed by atoms with E-state index in [0.717, 1.165) is 11.3 Å². The van der Waals surface area contributed by atoms with Crippen LogP contribution < -0.4 is 5.32 Å². The van der Waals surface area contributed by atoms with Gasteiger partial charge in [-0.3, -0.25) is 14.9 Å². The number of Topliss-reactive ketones (excluding diaryl/α,β-unsaturated/α-hetero) is 1. The van der Waals surface area contributed by atoms with Crippen molar-refractivity contribution < 1.29 is 9.72 Å². The molecular weight excluding hydrogens is 268 g/mol. The molecule has 0 bridgehead atoms. The van der Waals surface area contributed by atoms with Gasteiger partial charge in [0, 0.05) is 24.2 Å². The number of nitrogens with zero attached hydrogens (tertiary/aromatic N) is 1. The van der Waals surface area contributed by atoms with Crippen LogP contribution in [0.4, 0.5) is 11.4 Å². The van der Waals surface area contributed by atoms with Gasteiger partial charge in [0.25, 0.3) is 5.69 Å². The third-order valence-corrected chi connectivity index (χ3v) is 3.11. The van der Waals surface area contributed by atoms with Crippen LogP contribution in [0.15, 0.2) is 54.6 Å². The van der Waals surface area contributed by atoms with Gasteiger partial charge in [-0.1, -0.05) is 30.3 Å². The van der Waals surface area contributed by atoms with Gasteiger partial charge in [0.1, 0.15) is 5.78 Å². The molecule has 0 aliphatic heterocycles. The molecule has 108 valence electrons. The van der Waals surface area contributed by atoms with E-state index >= 15 is 0 Å². The first-order chi connectivity index (χ1) is 10.1. The summed E-state index contributed by atoms with van der Waals surface area (Å²) in [5.74, 6) is 0.0572. The lowest BCUT2D eigenvalue weighted by Crippen LogP contribution is -2.14. The van der Waals surface area contributed by atoms with Crippen molar-refractivity contribution in [1.82, 2.24) is 0 Å². The number of benzene rings is 2. The number of nitro groups is 1. The number of nitrogens with one attached hydrogen (secondary N) is 1. The van der Waals surface area contributed by atoms with Crippen LogP contribution in [-0.2, 0) is 4.79 Å². The molecule has 0 saturated heterocycles. The molecule has 21 heavy (non-hydrogen) atoms. The first-order valence-electron chi connectivity index (χ1n) is 6.61. The third-order valence-electron chi connectivity index (χ3n) is 3.11. The van der Waals surface area contributed by atoms with Crippen molar-refractivity contribution >= 4 is 17.2 Å². The lowest BCUT2D eigenvalue weighted by Gasteiger charge is -2.19. The summed E-state index contributed by atoms with van der Waals surface area (Å²) in [7, 11) is 0. The quantitative estimate of drug-likeness (QED) is 0.648. The summed E-state index contributed by atoms with van der Waals surface area (Å²) in [4.78, 5) is 21.7. The summed E-state index contributed by atoms with van der Waals surface area (Å²) in [5.41, 5.74) is 1.79. The van der Waals surface area contributed by atoms with E-state index in [1.165, 1.54) is 19.1 Å². The molecule has 0 amide bonds. The normalized spacial score (nSPS) is 11.7. The van der Waals surface area contributed by atoms with Gasteiger partial charge in [0.15, 0.2) is 0 Å². The Hall–Kier alpha value is -2.69. The lowest BCUT2D eigenvalue weighted by molar-refractivity contribution is -0.384. The summed E-state index contributed by atoms with van der Waals surface area (Å²) in [6.07, 6.45) is 0.326. The van der Waals surface area contributed by atoms with Gasteiger partial charge in [-0.2, -0.15) is 0 Å². The van der Waals surface area contributed by atoms with E-state index in [1.807, 2.05) is 30.3 Å². The molecule has 5 heteroatoms. The number of carbonyl (C=O) groups is 1. The fourth-order valence-corrected chi connectivity index (χ4v) is 2.10. The monoisotopic (exact) mass is 284 g/mol. The highest BCUT2D eigenvalue weighted by Crippen LogP contribution is 2.24. The average Bonchev–Trinajstić information content (AvgIpc) is 2.47. The molecule has 0 heterocycles. The molecule has 2 aromatic rings. The second-order valence-corrected chi connectivity index (χ2v) is 4.82. The molecule has 0 saturated carbocycles. The largest absolute Gasteiger partial charge is 0.378 e. The van der Waals surface area contributed by atoms with Gasteiger partial charge < -0.3 is 5.32 Å². The minimum atomic E-state index is -0.436. The van der Waals surface area contributed by atoms with Crippen LogP contribution in [-0.4, -0.2) is 10.7 Å². The number of hydrogen-bond donors (Lipinski definition) is 1. The van der Waals surface area contributed by atoms with Crippen LogP contribution in [0.1, 0.15) is 24.9 Å². The summed E-state index contributed by atoms with van der Waals surface area (Å²) < 4.78 is 0. The van der Waals surface area contributed by atoms with Crippen LogP contribution in [0.2, 0.25) is 0 Å². The zero-order chi connectivity index (χ0) is 15.2. The van der Waals surface area contributed by atoms with Crippen molar-refractivity contribution in [2.75, 3.05) is 5.32 Å². The minimum Gasteiger partial charge on any atom is -0.378 e. The fourth-order valence-electron chi connectivity index (χ4n) is 2.10. The molecule has 0 aliphatic rings. The number of para-hydroxylation sites is 1. The number of nitro benzene ring substituents is 1. The molecule has 1 atom stereocenters. The van der Waals surface area contributed by atoms with Gasteiger partial charge in [-0.25, -0.2) is 0 Å². The minimum absolute atomic E-state index is 0.0417. The van der Waals surface area contributed by atoms with Crippen molar-refractivity contribution in [3.63, 3.8) is 0 Å². The number of rotatable bonds is 6. The molecule has 0 spiro atoms. The Morgan fingerprint density at radius 1 is 1.14 bits per heavy atom. The maximum absolute atomic E-state index is 11.4. The van der Waals surface area contributed by atoms with Gasteiger partial charge in [0.05, 0.1) is 11.0 Å². The van der Waals surface area contributed by atoms with Crippen LogP contribution in [0.5, 0.6) is 0 Å². The molecule has 0 fully saturated rings. The highest BCUT2D eigenvalue weighted by atomic mass is 16.6. The Labute approximate surface area is 122 Å². The number of hydrogen-bond acceptors (Lipinski definition) is 4. The highest BCUT2D eigenvalue weighted by Gasteiger charge is 2.15. The third kappa shape index (κ3) is 4.14. The second-order valence-electron chi connectivity index (χ2n) is 4.82. The van der Waals surface area contributed by atoms with Crippen LogP contribution in [0, 0.1) is 10.1 Å². The Kier molecular flexibility index (Phi) is 4.66. The predicted molar refractivity (Wildman–Crippen MR) is 81.2 cm³/mol. The number of non-ortho nitro benzene ring substituents is 1. The summed E-state index contributed by atoms with van der Waals surface area (Å²) in [6.45, 7) is 1.53. The smallest absolute Gasteiger partial charge is 0.269 e. The Morgan fingerprint density at radius 2 is 1.76 bits per heavy atom. The number of carbonyl (C=O) groups excluding carboxylic acids is 1. The standard InChI is InChI=1S/C16H16N2O3/c1-12(19)11-16(17-14-5-3-2-4-6-14)13-7-9-15(10-8-13)18(20)21/h2-10,16-17H,11H2,1H3. The second kappa shape index (κ2) is 6.65. The first-order valence-corrected chi connectivity index (χ1v) is 6.61. The molecule has 1 N–H and O–H groups in total. The summed E-state index contributed by atoms with van der Waals surface area (Å²) in [5, 5.41) is 14.0. The lowest BCUT2D eigenvalue weighted by atomic mass is 10.0. The molecule has 0 radical (unpaired) electrons. The van der Waals surface area contributed by atoms with Crippen LogP contribution in [0.25, 0.3) is 0 Å². The van der Waals surface area contributed by atoms with Crippen molar-refractivity contribution in [3.05, 3.63) is 70.3 Å². The maximum Gasteiger partial charge on any atom is 0.269 e. The highest BCUT2D eigenvalue weighted by molar-refractivity contribution is 5.77. The molecule has 2 aromatic carbocycles. The van der Waals surface area contributed by atoms with Crippen LogP contribution in [0.3, 0.4) is 0 Å². The Morgan fingerprint density at radius 3 is 2.29 bits per heavy atom. The van der Waals surface area contributed by atoms with Crippen molar-refractivity contribution in [1.29, 1.82) is 0 Å². The van der Waals surface area contributed by atoms with E-state index < -0.39 is 4.92 Å². The van der Waals surface area contributed by atoms with Crippen molar-refractivity contribution in [2.24, 2.45) is 0 Å². The van der Waals surface area contributed by atoms with Crippen molar-refractivity contribution in [2.45, 2.75) is 19.4 Å². The van der Waals surface area contributed by atoms with E-state index in [9.17, 15) is 14.9 Å². The Bertz CT molecular complexity index is 624. The van der Waals surface area contributed by atoms with Crippen LogP contribution >= 0.6 is 0 Å². The van der Waals surface area contributed by atoms with E-state index in [0.29, 0.717) is 6.42 Å². The SMILES string of the molecule is CC(=O)CC(Nc1ccccc1)c1ccc([N+](=O)[O-])cc1. The van der Waals surface area contributed by atoms with Gasteiger partial charge in [-0.15, -0.1) is 0 Å². The first kappa shape index (κ1) is 14.7. The van der Waals surface area contributed by atoms with Gasteiger partial charge >= 0.3 is 0 Å². The Balaban J connectivity index is 2.22. The maximum atomic E-state index is 11.4. The topological polar surface area (TPSA) is 72.2 Å².